The molecule has 0 radical (unpaired) electrons. The molecule has 1 atom stereocenters. The lowest BCUT2D eigenvalue weighted by Crippen LogP contribution is -2.34. The first kappa shape index (κ1) is 16.1. The summed E-state index contributed by atoms with van der Waals surface area (Å²) < 4.78 is 0. The molecule has 0 heterocycles. The third kappa shape index (κ3) is 4.31. The molecule has 20 heavy (non-hydrogen) atoms. The highest BCUT2D eigenvalue weighted by Crippen LogP contribution is 2.25. The van der Waals surface area contributed by atoms with Crippen LogP contribution in [0.25, 0.3) is 0 Å². The van der Waals surface area contributed by atoms with Crippen LogP contribution < -0.4 is 10.6 Å². The standard InChI is InChI=1S/C14H21N3O3/c1-5-11(4)15-8-14(18)16-12-6-10(3)13(17(19)20)7-9(12)2/h6-7,11,15H,5,8H2,1-4H3,(H,16,18). The number of nitro benzene ring substituents is 1. The van der Waals surface area contributed by atoms with Crippen molar-refractivity contribution in [1.29, 1.82) is 0 Å². The smallest absolute Gasteiger partial charge is 0.272 e. The summed E-state index contributed by atoms with van der Waals surface area (Å²) in [6.45, 7) is 7.67. The van der Waals surface area contributed by atoms with Crippen LogP contribution in [0.5, 0.6) is 0 Å². The van der Waals surface area contributed by atoms with Crippen LogP contribution in [0.2, 0.25) is 0 Å². The van der Waals surface area contributed by atoms with Gasteiger partial charge in [0.1, 0.15) is 0 Å². The fourth-order valence-electron chi connectivity index (χ4n) is 1.74. The van der Waals surface area contributed by atoms with Gasteiger partial charge < -0.3 is 10.6 Å². The van der Waals surface area contributed by atoms with E-state index in [1.54, 1.807) is 19.9 Å². The number of nitro groups is 1. The van der Waals surface area contributed by atoms with Crippen LogP contribution in [-0.2, 0) is 4.79 Å². The predicted octanol–water partition coefficient (Wildman–Crippen LogP) is 2.54. The van der Waals surface area contributed by atoms with Gasteiger partial charge >= 0.3 is 0 Å². The second kappa shape index (κ2) is 7.00. The third-order valence-corrected chi connectivity index (χ3v) is 3.24. The molecule has 0 aromatic heterocycles. The minimum Gasteiger partial charge on any atom is -0.325 e. The Kier molecular flexibility index (Phi) is 5.64. The molecule has 2 N–H and O–H groups in total. The molecule has 6 nitrogen and oxygen atoms in total. The van der Waals surface area contributed by atoms with Crippen LogP contribution in [0.3, 0.4) is 0 Å². The fourth-order valence-corrected chi connectivity index (χ4v) is 1.74. The summed E-state index contributed by atoms with van der Waals surface area (Å²) in [5.74, 6) is -0.151. The molecule has 0 aliphatic carbocycles. The lowest BCUT2D eigenvalue weighted by atomic mass is 10.1. The van der Waals surface area contributed by atoms with Crippen molar-refractivity contribution in [3.63, 3.8) is 0 Å². The molecule has 0 fully saturated rings. The Hall–Kier alpha value is -1.95. The third-order valence-electron chi connectivity index (χ3n) is 3.24. The molecule has 1 aromatic rings. The lowest BCUT2D eigenvalue weighted by molar-refractivity contribution is -0.385. The summed E-state index contributed by atoms with van der Waals surface area (Å²) in [4.78, 5) is 22.2. The lowest BCUT2D eigenvalue weighted by Gasteiger charge is -2.13. The van der Waals surface area contributed by atoms with E-state index in [9.17, 15) is 14.9 Å². The summed E-state index contributed by atoms with van der Waals surface area (Å²) in [7, 11) is 0. The molecule has 0 aliphatic rings. The minimum absolute atomic E-state index is 0.0678. The zero-order valence-corrected chi connectivity index (χ0v) is 12.3. The largest absolute Gasteiger partial charge is 0.325 e. The van der Waals surface area contributed by atoms with Crippen LogP contribution in [0.15, 0.2) is 12.1 Å². The monoisotopic (exact) mass is 279 g/mol. The van der Waals surface area contributed by atoms with E-state index in [1.807, 2.05) is 13.8 Å². The van der Waals surface area contributed by atoms with Gasteiger partial charge in [0.2, 0.25) is 5.91 Å². The molecule has 0 spiro atoms. The van der Waals surface area contributed by atoms with E-state index in [0.717, 1.165) is 6.42 Å². The van der Waals surface area contributed by atoms with Gasteiger partial charge in [0.25, 0.3) is 5.69 Å². The Morgan fingerprint density at radius 2 is 2.00 bits per heavy atom. The first-order valence-electron chi connectivity index (χ1n) is 6.64. The highest BCUT2D eigenvalue weighted by atomic mass is 16.6. The Bertz CT molecular complexity index is 515. The summed E-state index contributed by atoms with van der Waals surface area (Å²) >= 11 is 0. The zero-order valence-electron chi connectivity index (χ0n) is 12.3. The average Bonchev–Trinajstić information content (AvgIpc) is 2.39. The molecule has 0 saturated carbocycles. The van der Waals surface area contributed by atoms with Gasteiger partial charge in [0.15, 0.2) is 0 Å². The summed E-state index contributed by atoms with van der Waals surface area (Å²) in [5, 5.41) is 16.7. The van der Waals surface area contributed by atoms with Crippen molar-refractivity contribution in [2.75, 3.05) is 11.9 Å². The van der Waals surface area contributed by atoms with Crippen LogP contribution in [-0.4, -0.2) is 23.4 Å². The van der Waals surface area contributed by atoms with Crippen molar-refractivity contribution in [3.8, 4) is 0 Å². The molecule has 6 heteroatoms. The van der Waals surface area contributed by atoms with Gasteiger partial charge in [-0.25, -0.2) is 0 Å². The van der Waals surface area contributed by atoms with Gasteiger partial charge in [-0.05, 0) is 38.8 Å². The maximum absolute atomic E-state index is 11.8. The number of aryl methyl sites for hydroxylation is 2. The summed E-state index contributed by atoms with van der Waals surface area (Å²) in [6, 6.07) is 3.39. The first-order chi connectivity index (χ1) is 9.35. The second-order valence-electron chi connectivity index (χ2n) is 4.95. The summed E-state index contributed by atoms with van der Waals surface area (Å²) in [5.41, 5.74) is 1.90. The average molecular weight is 279 g/mol. The van der Waals surface area contributed by atoms with Crippen LogP contribution in [0, 0.1) is 24.0 Å². The SMILES string of the molecule is CCC(C)NCC(=O)Nc1cc(C)c([N+](=O)[O-])cc1C. The zero-order chi connectivity index (χ0) is 15.3. The number of amides is 1. The van der Waals surface area contributed by atoms with E-state index >= 15 is 0 Å². The van der Waals surface area contributed by atoms with Gasteiger partial charge in [0.05, 0.1) is 11.5 Å². The fraction of sp³-hybridized carbons (Fsp3) is 0.500. The van der Waals surface area contributed by atoms with E-state index in [4.69, 9.17) is 0 Å². The number of rotatable bonds is 6. The van der Waals surface area contributed by atoms with Crippen LogP contribution in [0.4, 0.5) is 11.4 Å². The Labute approximate surface area is 118 Å². The van der Waals surface area contributed by atoms with Crippen molar-refractivity contribution in [2.45, 2.75) is 40.2 Å². The highest BCUT2D eigenvalue weighted by Gasteiger charge is 2.14. The Balaban J connectivity index is 2.76. The number of nitrogens with zero attached hydrogens (tertiary/aromatic N) is 1. The predicted molar refractivity (Wildman–Crippen MR) is 79.0 cm³/mol. The summed E-state index contributed by atoms with van der Waals surface area (Å²) in [6.07, 6.45) is 0.947. The number of anilines is 1. The molecular weight excluding hydrogens is 258 g/mol. The molecule has 0 bridgehead atoms. The van der Waals surface area contributed by atoms with Gasteiger partial charge in [-0.2, -0.15) is 0 Å². The number of carbonyl (C=O) groups excluding carboxylic acids is 1. The molecule has 1 unspecified atom stereocenters. The number of hydrogen-bond acceptors (Lipinski definition) is 4. The Morgan fingerprint density at radius 1 is 1.35 bits per heavy atom. The quantitative estimate of drug-likeness (QED) is 0.619. The molecule has 0 saturated heterocycles. The van der Waals surface area contributed by atoms with Crippen LogP contribution >= 0.6 is 0 Å². The molecule has 1 rings (SSSR count). The molecular formula is C14H21N3O3. The number of benzene rings is 1. The van der Waals surface area contributed by atoms with Crippen molar-refractivity contribution < 1.29 is 9.72 Å². The van der Waals surface area contributed by atoms with Gasteiger partial charge in [-0.15, -0.1) is 0 Å². The second-order valence-corrected chi connectivity index (χ2v) is 4.95. The molecule has 1 amide bonds. The van der Waals surface area contributed by atoms with Crippen molar-refractivity contribution >= 4 is 17.3 Å². The maximum Gasteiger partial charge on any atom is 0.272 e. The van der Waals surface area contributed by atoms with E-state index in [-0.39, 0.29) is 24.2 Å². The maximum atomic E-state index is 11.8. The van der Waals surface area contributed by atoms with E-state index < -0.39 is 4.92 Å². The highest BCUT2D eigenvalue weighted by molar-refractivity contribution is 5.93. The van der Waals surface area contributed by atoms with Gasteiger partial charge in [0, 0.05) is 23.4 Å². The molecule has 0 aliphatic heterocycles. The van der Waals surface area contributed by atoms with Crippen molar-refractivity contribution in [2.24, 2.45) is 0 Å². The van der Waals surface area contributed by atoms with Crippen molar-refractivity contribution in [1.82, 2.24) is 5.32 Å². The van der Waals surface area contributed by atoms with E-state index in [0.29, 0.717) is 16.8 Å². The Morgan fingerprint density at radius 3 is 2.55 bits per heavy atom. The van der Waals surface area contributed by atoms with E-state index in [2.05, 4.69) is 10.6 Å². The first-order valence-corrected chi connectivity index (χ1v) is 6.64. The van der Waals surface area contributed by atoms with Crippen molar-refractivity contribution in [3.05, 3.63) is 33.4 Å². The van der Waals surface area contributed by atoms with Crippen LogP contribution in [0.1, 0.15) is 31.4 Å². The molecule has 110 valence electrons. The van der Waals surface area contributed by atoms with Gasteiger partial charge in [-0.3, -0.25) is 14.9 Å². The minimum atomic E-state index is -0.418. The van der Waals surface area contributed by atoms with Gasteiger partial charge in [-0.1, -0.05) is 6.92 Å². The molecule has 1 aromatic carbocycles. The topological polar surface area (TPSA) is 84.3 Å². The number of carbonyl (C=O) groups is 1. The number of hydrogen-bond donors (Lipinski definition) is 2. The van der Waals surface area contributed by atoms with E-state index in [1.165, 1.54) is 6.07 Å². The normalized spacial score (nSPS) is 12.0. The number of nitrogens with one attached hydrogen (secondary N) is 2.